The summed E-state index contributed by atoms with van der Waals surface area (Å²) < 4.78 is 22.7. The van der Waals surface area contributed by atoms with E-state index < -0.39 is 9.84 Å². The second-order valence-corrected chi connectivity index (χ2v) is 8.33. The molecule has 4 heteroatoms. The van der Waals surface area contributed by atoms with Gasteiger partial charge in [0.1, 0.15) is 0 Å². The molecule has 1 fully saturated rings. The van der Waals surface area contributed by atoms with Crippen LogP contribution in [-0.2, 0) is 9.84 Å². The zero-order valence-electron chi connectivity index (χ0n) is 11.5. The molecule has 1 unspecified atom stereocenters. The number of nitrogens with one attached hydrogen (secondary N) is 1. The molecule has 0 aromatic heterocycles. The lowest BCUT2D eigenvalue weighted by Gasteiger charge is -2.26. The fourth-order valence-electron chi connectivity index (χ4n) is 2.32. The van der Waals surface area contributed by atoms with Crippen LogP contribution in [-0.4, -0.2) is 32.5 Å². The van der Waals surface area contributed by atoms with Gasteiger partial charge in [-0.1, -0.05) is 40.0 Å². The van der Waals surface area contributed by atoms with Gasteiger partial charge < -0.3 is 5.32 Å². The molecular formula is C13H27NO2S. The Morgan fingerprint density at radius 2 is 2.00 bits per heavy atom. The molecule has 3 nitrogen and oxygen atoms in total. The van der Waals surface area contributed by atoms with E-state index in [9.17, 15) is 8.42 Å². The molecule has 0 bridgehead atoms. The van der Waals surface area contributed by atoms with Crippen LogP contribution >= 0.6 is 0 Å². The van der Waals surface area contributed by atoms with E-state index in [0.717, 1.165) is 13.0 Å². The third-order valence-electron chi connectivity index (χ3n) is 3.56. The van der Waals surface area contributed by atoms with Gasteiger partial charge in [0.15, 0.2) is 9.84 Å². The molecular weight excluding hydrogens is 234 g/mol. The Balaban J connectivity index is 2.25. The average Bonchev–Trinajstić information content (AvgIpc) is 2.56. The Labute approximate surface area is 106 Å². The molecule has 0 aromatic carbocycles. The smallest absolute Gasteiger partial charge is 0.151 e. The first kappa shape index (κ1) is 15.0. The SMILES string of the molecule is CCCCCC(C)(C)CNC1CCS(=O)(=O)C1. The van der Waals surface area contributed by atoms with Crippen LogP contribution in [0.2, 0.25) is 0 Å². The number of unbranched alkanes of at least 4 members (excludes halogenated alkanes) is 2. The van der Waals surface area contributed by atoms with E-state index in [1.807, 2.05) is 0 Å². The molecule has 0 aromatic rings. The highest BCUT2D eigenvalue weighted by atomic mass is 32.2. The normalized spacial score (nSPS) is 24.1. The van der Waals surface area contributed by atoms with Gasteiger partial charge in [0.2, 0.25) is 0 Å². The van der Waals surface area contributed by atoms with E-state index in [0.29, 0.717) is 11.5 Å². The van der Waals surface area contributed by atoms with Crippen molar-refractivity contribution >= 4 is 9.84 Å². The summed E-state index contributed by atoms with van der Waals surface area (Å²) in [6, 6.07) is 0.186. The highest BCUT2D eigenvalue weighted by molar-refractivity contribution is 7.91. The van der Waals surface area contributed by atoms with E-state index >= 15 is 0 Å². The van der Waals surface area contributed by atoms with Crippen molar-refractivity contribution in [3.05, 3.63) is 0 Å². The number of rotatable bonds is 7. The Morgan fingerprint density at radius 1 is 1.29 bits per heavy atom. The third-order valence-corrected chi connectivity index (χ3v) is 5.33. The van der Waals surface area contributed by atoms with Crippen molar-refractivity contribution in [3.8, 4) is 0 Å². The van der Waals surface area contributed by atoms with Crippen LogP contribution in [0, 0.1) is 5.41 Å². The van der Waals surface area contributed by atoms with E-state index in [1.165, 1.54) is 25.7 Å². The summed E-state index contributed by atoms with van der Waals surface area (Å²) in [5.41, 5.74) is 0.279. The number of sulfone groups is 1. The molecule has 17 heavy (non-hydrogen) atoms. The number of hydrogen-bond donors (Lipinski definition) is 1. The molecule has 1 N–H and O–H groups in total. The maximum atomic E-state index is 11.3. The minimum atomic E-state index is -2.75. The summed E-state index contributed by atoms with van der Waals surface area (Å²) in [7, 11) is -2.75. The Bertz CT molecular complexity index is 322. The fraction of sp³-hybridized carbons (Fsp3) is 1.00. The molecule has 102 valence electrons. The van der Waals surface area contributed by atoms with Gasteiger partial charge in [-0.15, -0.1) is 0 Å². The van der Waals surface area contributed by atoms with E-state index in [2.05, 4.69) is 26.1 Å². The van der Waals surface area contributed by atoms with Crippen LogP contribution in [0.5, 0.6) is 0 Å². The van der Waals surface area contributed by atoms with Crippen molar-refractivity contribution in [2.24, 2.45) is 5.41 Å². The molecule has 0 amide bonds. The summed E-state index contributed by atoms with van der Waals surface area (Å²) in [6.07, 6.45) is 5.82. The van der Waals surface area contributed by atoms with Gasteiger partial charge in [0.25, 0.3) is 0 Å². The van der Waals surface area contributed by atoms with Gasteiger partial charge in [0.05, 0.1) is 11.5 Å². The second-order valence-electron chi connectivity index (χ2n) is 6.10. The van der Waals surface area contributed by atoms with Gasteiger partial charge in [-0.25, -0.2) is 8.42 Å². The standard InChI is InChI=1S/C13H27NO2S/c1-4-5-6-8-13(2,3)11-14-12-7-9-17(15,16)10-12/h12,14H,4-11H2,1-3H3. The van der Waals surface area contributed by atoms with Gasteiger partial charge in [0, 0.05) is 12.6 Å². The van der Waals surface area contributed by atoms with Crippen LogP contribution in [0.4, 0.5) is 0 Å². The molecule has 1 rings (SSSR count). The lowest BCUT2D eigenvalue weighted by molar-refractivity contribution is 0.291. The molecule has 1 saturated heterocycles. The fourth-order valence-corrected chi connectivity index (χ4v) is 4.03. The highest BCUT2D eigenvalue weighted by Crippen LogP contribution is 2.23. The summed E-state index contributed by atoms with van der Waals surface area (Å²) in [6.45, 7) is 7.67. The van der Waals surface area contributed by atoms with Crippen LogP contribution in [0.3, 0.4) is 0 Å². The topological polar surface area (TPSA) is 46.2 Å². The first-order chi connectivity index (χ1) is 7.85. The Kier molecular flexibility index (Phi) is 5.45. The molecule has 0 spiro atoms. The van der Waals surface area contributed by atoms with Crippen LogP contribution in [0.1, 0.15) is 52.9 Å². The van der Waals surface area contributed by atoms with Crippen LogP contribution in [0.25, 0.3) is 0 Å². The van der Waals surface area contributed by atoms with E-state index in [4.69, 9.17) is 0 Å². The van der Waals surface area contributed by atoms with Crippen LogP contribution in [0.15, 0.2) is 0 Å². The summed E-state index contributed by atoms with van der Waals surface area (Å²) in [4.78, 5) is 0. The molecule has 0 aliphatic carbocycles. The molecule has 1 atom stereocenters. The van der Waals surface area contributed by atoms with Gasteiger partial charge in [-0.2, -0.15) is 0 Å². The summed E-state index contributed by atoms with van der Waals surface area (Å²) in [5, 5.41) is 3.43. The van der Waals surface area contributed by atoms with E-state index in [1.54, 1.807) is 0 Å². The first-order valence-electron chi connectivity index (χ1n) is 6.78. The monoisotopic (exact) mass is 261 g/mol. The molecule has 0 radical (unpaired) electrons. The first-order valence-corrected chi connectivity index (χ1v) is 8.60. The van der Waals surface area contributed by atoms with Crippen molar-refractivity contribution < 1.29 is 8.42 Å². The summed E-state index contributed by atoms with van der Waals surface area (Å²) >= 11 is 0. The van der Waals surface area contributed by atoms with Crippen molar-refractivity contribution in [3.63, 3.8) is 0 Å². The van der Waals surface area contributed by atoms with Crippen molar-refractivity contribution in [2.45, 2.75) is 58.9 Å². The minimum absolute atomic E-state index is 0.186. The van der Waals surface area contributed by atoms with Gasteiger partial charge in [-0.3, -0.25) is 0 Å². The lowest BCUT2D eigenvalue weighted by Crippen LogP contribution is -2.37. The summed E-state index contributed by atoms with van der Waals surface area (Å²) in [5.74, 6) is 0.693. The number of hydrogen-bond acceptors (Lipinski definition) is 3. The molecule has 0 saturated carbocycles. The highest BCUT2D eigenvalue weighted by Gasteiger charge is 2.28. The van der Waals surface area contributed by atoms with Crippen molar-refractivity contribution in [2.75, 3.05) is 18.1 Å². The van der Waals surface area contributed by atoms with Crippen molar-refractivity contribution in [1.82, 2.24) is 5.32 Å². The zero-order valence-corrected chi connectivity index (χ0v) is 12.3. The zero-order chi connectivity index (χ0) is 12.9. The predicted octanol–water partition coefficient (Wildman–Crippen LogP) is 2.37. The quantitative estimate of drug-likeness (QED) is 0.716. The van der Waals surface area contributed by atoms with Gasteiger partial charge >= 0.3 is 0 Å². The van der Waals surface area contributed by atoms with E-state index in [-0.39, 0.29) is 11.5 Å². The average molecular weight is 261 g/mol. The maximum Gasteiger partial charge on any atom is 0.151 e. The minimum Gasteiger partial charge on any atom is -0.312 e. The third kappa shape index (κ3) is 5.87. The predicted molar refractivity (Wildman–Crippen MR) is 73.0 cm³/mol. The molecule has 1 heterocycles. The maximum absolute atomic E-state index is 11.3. The van der Waals surface area contributed by atoms with Crippen LogP contribution < -0.4 is 5.32 Å². The second kappa shape index (κ2) is 6.19. The largest absolute Gasteiger partial charge is 0.312 e. The van der Waals surface area contributed by atoms with Crippen molar-refractivity contribution in [1.29, 1.82) is 0 Å². The lowest BCUT2D eigenvalue weighted by atomic mass is 9.86. The molecule has 1 aliphatic heterocycles. The van der Waals surface area contributed by atoms with Gasteiger partial charge in [-0.05, 0) is 18.3 Å². The Hall–Kier alpha value is -0.0900. The Morgan fingerprint density at radius 3 is 2.53 bits per heavy atom. The molecule has 1 aliphatic rings.